The van der Waals surface area contributed by atoms with Gasteiger partial charge in [0.25, 0.3) is 5.69 Å². The second kappa shape index (κ2) is 9.64. The third-order valence-corrected chi connectivity index (χ3v) is 4.92. The third-order valence-electron chi connectivity index (χ3n) is 4.92. The molecule has 2 amide bonds. The molecule has 2 aromatic carbocycles. The smallest absolute Gasteiger partial charge is 0.269 e. The maximum Gasteiger partial charge on any atom is 0.269 e. The fourth-order valence-electron chi connectivity index (χ4n) is 3.32. The summed E-state index contributed by atoms with van der Waals surface area (Å²) in [5.41, 5.74) is 2.32. The van der Waals surface area contributed by atoms with Crippen molar-refractivity contribution in [3.8, 4) is 0 Å². The lowest BCUT2D eigenvalue weighted by atomic mass is 10.1. The minimum atomic E-state index is -0.468. The molecule has 0 unspecified atom stereocenters. The standard InChI is InChI=1S/C22H23N3O4/c26-21(13-10-16-8-11-20(12-9-16)25(28)29)23-15-17-4-3-7-19(14-17)24-22(27)18-5-1-2-6-18/h3-4,7-14,18H,1-2,5-6,15H2,(H,23,26)(H,24,27)/b13-10+. The number of rotatable bonds is 7. The van der Waals surface area contributed by atoms with Crippen LogP contribution in [0.1, 0.15) is 36.8 Å². The molecule has 0 radical (unpaired) electrons. The van der Waals surface area contributed by atoms with E-state index in [9.17, 15) is 19.7 Å². The zero-order chi connectivity index (χ0) is 20.6. The summed E-state index contributed by atoms with van der Waals surface area (Å²) in [7, 11) is 0. The van der Waals surface area contributed by atoms with E-state index in [0.717, 1.165) is 36.9 Å². The van der Waals surface area contributed by atoms with E-state index in [0.29, 0.717) is 12.1 Å². The number of nitro groups is 1. The Morgan fingerprint density at radius 2 is 1.83 bits per heavy atom. The minimum absolute atomic E-state index is 0.00602. The minimum Gasteiger partial charge on any atom is -0.348 e. The molecule has 7 heteroatoms. The second-order valence-corrected chi connectivity index (χ2v) is 7.07. The number of nitro benzene ring substituents is 1. The van der Waals surface area contributed by atoms with Crippen LogP contribution in [0.2, 0.25) is 0 Å². The molecule has 0 spiro atoms. The Kier molecular flexibility index (Phi) is 6.73. The molecule has 0 heterocycles. The van der Waals surface area contributed by atoms with E-state index in [1.54, 1.807) is 18.2 Å². The van der Waals surface area contributed by atoms with Crippen molar-refractivity contribution in [3.05, 3.63) is 75.8 Å². The van der Waals surface area contributed by atoms with Gasteiger partial charge in [0.2, 0.25) is 11.8 Å². The van der Waals surface area contributed by atoms with Crippen LogP contribution in [-0.2, 0) is 16.1 Å². The molecule has 150 valence electrons. The van der Waals surface area contributed by atoms with E-state index in [1.165, 1.54) is 18.2 Å². The van der Waals surface area contributed by atoms with Crippen LogP contribution in [0, 0.1) is 16.0 Å². The van der Waals surface area contributed by atoms with Gasteiger partial charge in [-0.15, -0.1) is 0 Å². The first-order valence-corrected chi connectivity index (χ1v) is 9.61. The molecule has 0 aromatic heterocycles. The SMILES string of the molecule is O=C(/C=C/c1ccc([N+](=O)[O-])cc1)NCc1cccc(NC(=O)C2CCCC2)c1. The van der Waals surface area contributed by atoms with Crippen LogP contribution >= 0.6 is 0 Å². The Balaban J connectivity index is 1.50. The lowest BCUT2D eigenvalue weighted by Crippen LogP contribution is -2.21. The number of hydrogen-bond acceptors (Lipinski definition) is 4. The first-order chi connectivity index (χ1) is 14.0. The predicted molar refractivity (Wildman–Crippen MR) is 111 cm³/mol. The molecule has 1 fully saturated rings. The topological polar surface area (TPSA) is 101 Å². The quantitative estimate of drug-likeness (QED) is 0.421. The van der Waals surface area contributed by atoms with Crippen LogP contribution in [0.4, 0.5) is 11.4 Å². The molecule has 0 aliphatic heterocycles. The zero-order valence-electron chi connectivity index (χ0n) is 16.0. The summed E-state index contributed by atoms with van der Waals surface area (Å²) in [6, 6.07) is 13.4. The monoisotopic (exact) mass is 393 g/mol. The largest absolute Gasteiger partial charge is 0.348 e. The average molecular weight is 393 g/mol. The highest BCUT2D eigenvalue weighted by Gasteiger charge is 2.22. The number of nitrogens with zero attached hydrogens (tertiary/aromatic N) is 1. The van der Waals surface area contributed by atoms with Gasteiger partial charge in [0.1, 0.15) is 0 Å². The lowest BCUT2D eigenvalue weighted by Gasteiger charge is -2.11. The number of hydrogen-bond donors (Lipinski definition) is 2. The Bertz CT molecular complexity index is 916. The van der Waals surface area contributed by atoms with Crippen molar-refractivity contribution in [2.75, 3.05) is 5.32 Å². The van der Waals surface area contributed by atoms with Crippen LogP contribution in [0.25, 0.3) is 6.08 Å². The molecular weight excluding hydrogens is 370 g/mol. The van der Waals surface area contributed by atoms with Crippen molar-refractivity contribution in [3.63, 3.8) is 0 Å². The number of anilines is 1. The van der Waals surface area contributed by atoms with Crippen LogP contribution in [0.3, 0.4) is 0 Å². The van der Waals surface area contributed by atoms with Gasteiger partial charge in [0.15, 0.2) is 0 Å². The molecule has 0 bridgehead atoms. The van der Waals surface area contributed by atoms with Crippen molar-refractivity contribution in [1.29, 1.82) is 0 Å². The van der Waals surface area contributed by atoms with Crippen LogP contribution in [0.5, 0.6) is 0 Å². The molecule has 1 aliphatic carbocycles. The van der Waals surface area contributed by atoms with Gasteiger partial charge in [-0.3, -0.25) is 19.7 Å². The molecule has 0 atom stereocenters. The molecule has 1 saturated carbocycles. The lowest BCUT2D eigenvalue weighted by molar-refractivity contribution is -0.384. The Labute approximate surface area is 169 Å². The van der Waals surface area contributed by atoms with E-state index >= 15 is 0 Å². The molecule has 2 aromatic rings. The summed E-state index contributed by atoms with van der Waals surface area (Å²) in [6.45, 7) is 0.330. The van der Waals surface area contributed by atoms with Gasteiger partial charge < -0.3 is 10.6 Å². The molecule has 0 saturated heterocycles. The van der Waals surface area contributed by atoms with E-state index in [-0.39, 0.29) is 23.4 Å². The van der Waals surface area contributed by atoms with Gasteiger partial charge in [-0.05, 0) is 54.3 Å². The number of carbonyl (C=O) groups is 2. The Morgan fingerprint density at radius 1 is 1.10 bits per heavy atom. The summed E-state index contributed by atoms with van der Waals surface area (Å²) in [4.78, 5) is 34.4. The van der Waals surface area contributed by atoms with Gasteiger partial charge in [-0.2, -0.15) is 0 Å². The molecule has 7 nitrogen and oxygen atoms in total. The normalized spacial score (nSPS) is 14.1. The van der Waals surface area contributed by atoms with E-state index in [2.05, 4.69) is 10.6 Å². The summed E-state index contributed by atoms with van der Waals surface area (Å²) >= 11 is 0. The zero-order valence-corrected chi connectivity index (χ0v) is 16.0. The summed E-state index contributed by atoms with van der Waals surface area (Å²) in [6.07, 6.45) is 7.09. The predicted octanol–water partition coefficient (Wildman–Crippen LogP) is 4.05. The number of benzene rings is 2. The Hall–Kier alpha value is -3.48. The highest BCUT2D eigenvalue weighted by atomic mass is 16.6. The van der Waals surface area contributed by atoms with Crippen molar-refractivity contribution in [2.45, 2.75) is 32.2 Å². The highest BCUT2D eigenvalue weighted by molar-refractivity contribution is 5.93. The Morgan fingerprint density at radius 3 is 2.52 bits per heavy atom. The van der Waals surface area contributed by atoms with Gasteiger partial charge in [0, 0.05) is 36.4 Å². The van der Waals surface area contributed by atoms with Crippen molar-refractivity contribution >= 4 is 29.3 Å². The number of non-ortho nitro benzene ring substituents is 1. The fraction of sp³-hybridized carbons (Fsp3) is 0.273. The molecule has 1 aliphatic rings. The van der Waals surface area contributed by atoms with Crippen molar-refractivity contribution < 1.29 is 14.5 Å². The summed E-state index contributed by atoms with van der Waals surface area (Å²) in [5, 5.41) is 16.4. The fourth-order valence-corrected chi connectivity index (χ4v) is 3.32. The summed E-state index contributed by atoms with van der Waals surface area (Å²) < 4.78 is 0. The number of nitrogens with one attached hydrogen (secondary N) is 2. The number of carbonyl (C=O) groups excluding carboxylic acids is 2. The average Bonchev–Trinajstić information content (AvgIpc) is 3.26. The van der Waals surface area contributed by atoms with Gasteiger partial charge in [0.05, 0.1) is 4.92 Å². The van der Waals surface area contributed by atoms with Gasteiger partial charge >= 0.3 is 0 Å². The van der Waals surface area contributed by atoms with Gasteiger partial charge in [-0.25, -0.2) is 0 Å². The van der Waals surface area contributed by atoms with E-state index in [1.807, 2.05) is 24.3 Å². The number of amides is 2. The van der Waals surface area contributed by atoms with Crippen LogP contribution in [0.15, 0.2) is 54.6 Å². The highest BCUT2D eigenvalue weighted by Crippen LogP contribution is 2.26. The van der Waals surface area contributed by atoms with Crippen molar-refractivity contribution in [2.24, 2.45) is 5.92 Å². The van der Waals surface area contributed by atoms with E-state index < -0.39 is 4.92 Å². The molecule has 3 rings (SSSR count). The maximum atomic E-state index is 12.2. The van der Waals surface area contributed by atoms with E-state index in [4.69, 9.17) is 0 Å². The first kappa shape index (κ1) is 20.3. The van der Waals surface area contributed by atoms with Crippen molar-refractivity contribution in [1.82, 2.24) is 5.32 Å². The molecular formula is C22H23N3O4. The molecule has 29 heavy (non-hydrogen) atoms. The summed E-state index contributed by atoms with van der Waals surface area (Å²) in [5.74, 6) is -0.110. The molecule has 2 N–H and O–H groups in total. The van der Waals surface area contributed by atoms with Gasteiger partial charge in [-0.1, -0.05) is 25.0 Å². The maximum absolute atomic E-state index is 12.2. The van der Waals surface area contributed by atoms with Crippen LogP contribution < -0.4 is 10.6 Å². The van der Waals surface area contributed by atoms with Crippen LogP contribution in [-0.4, -0.2) is 16.7 Å². The second-order valence-electron chi connectivity index (χ2n) is 7.07. The third kappa shape index (κ3) is 6.00. The first-order valence-electron chi connectivity index (χ1n) is 9.61.